The van der Waals surface area contributed by atoms with Crippen molar-refractivity contribution < 1.29 is 14.3 Å². The number of hydrogen-bond donors (Lipinski definition) is 1. The predicted octanol–water partition coefficient (Wildman–Crippen LogP) is 3.14. The lowest BCUT2D eigenvalue weighted by Gasteiger charge is -2.08. The number of ether oxygens (including phenoxy) is 1. The van der Waals surface area contributed by atoms with Crippen LogP contribution in [0.15, 0.2) is 30.3 Å². The maximum absolute atomic E-state index is 12.2. The number of benzene rings is 1. The fourth-order valence-electron chi connectivity index (χ4n) is 2.39. The quantitative estimate of drug-likeness (QED) is 0.692. The number of thiophene rings is 1. The third-order valence-corrected chi connectivity index (χ3v) is 5.27. The summed E-state index contributed by atoms with van der Waals surface area (Å²) in [5, 5.41) is 6.05. The summed E-state index contributed by atoms with van der Waals surface area (Å²) in [6, 6.07) is 9.27. The molecular weight excluding hydrogens is 362 g/mol. The molecule has 1 amide bonds. The van der Waals surface area contributed by atoms with Gasteiger partial charge in [-0.2, -0.15) is 5.10 Å². The van der Waals surface area contributed by atoms with Crippen molar-refractivity contribution in [2.75, 3.05) is 0 Å². The Hall–Kier alpha value is -2.38. The van der Waals surface area contributed by atoms with E-state index >= 15 is 0 Å². The van der Waals surface area contributed by atoms with Crippen LogP contribution in [0.2, 0.25) is 5.02 Å². The second-order valence-electron chi connectivity index (χ2n) is 5.61. The smallest absolute Gasteiger partial charge is 0.349 e. The SMILES string of the molecule is Cc1nn(Cc2ccccc2Cl)c2sc(C(=O)OC(C)C(N)=O)cc12. The van der Waals surface area contributed by atoms with E-state index in [1.54, 1.807) is 6.07 Å². The molecule has 0 spiro atoms. The highest BCUT2D eigenvalue weighted by Crippen LogP contribution is 2.30. The second-order valence-corrected chi connectivity index (χ2v) is 7.05. The summed E-state index contributed by atoms with van der Waals surface area (Å²) in [7, 11) is 0. The van der Waals surface area contributed by atoms with Gasteiger partial charge < -0.3 is 10.5 Å². The largest absolute Gasteiger partial charge is 0.448 e. The topological polar surface area (TPSA) is 87.2 Å². The molecular formula is C17H16ClN3O3S. The van der Waals surface area contributed by atoms with Gasteiger partial charge in [-0.15, -0.1) is 11.3 Å². The Labute approximate surface area is 153 Å². The number of halogens is 1. The lowest BCUT2D eigenvalue weighted by Crippen LogP contribution is -2.30. The molecule has 0 bridgehead atoms. The lowest BCUT2D eigenvalue weighted by atomic mass is 10.2. The number of aromatic nitrogens is 2. The predicted molar refractivity (Wildman–Crippen MR) is 97.0 cm³/mol. The van der Waals surface area contributed by atoms with E-state index in [4.69, 9.17) is 22.1 Å². The Kier molecular flexibility index (Phi) is 4.78. The number of primary amides is 1. The Balaban J connectivity index is 1.92. The van der Waals surface area contributed by atoms with Crippen LogP contribution in [0.4, 0.5) is 0 Å². The highest BCUT2D eigenvalue weighted by atomic mass is 35.5. The fraction of sp³-hybridized carbons (Fsp3) is 0.235. The third kappa shape index (κ3) is 3.52. The molecule has 0 saturated carbocycles. The van der Waals surface area contributed by atoms with Gasteiger partial charge in [0.2, 0.25) is 0 Å². The van der Waals surface area contributed by atoms with E-state index < -0.39 is 18.0 Å². The first-order valence-electron chi connectivity index (χ1n) is 7.57. The maximum Gasteiger partial charge on any atom is 0.349 e. The molecule has 0 aliphatic heterocycles. The van der Waals surface area contributed by atoms with E-state index in [-0.39, 0.29) is 0 Å². The summed E-state index contributed by atoms with van der Waals surface area (Å²) >= 11 is 7.48. The van der Waals surface area contributed by atoms with Gasteiger partial charge in [0.25, 0.3) is 5.91 Å². The van der Waals surface area contributed by atoms with Crippen LogP contribution in [0.3, 0.4) is 0 Å². The zero-order chi connectivity index (χ0) is 18.1. The minimum absolute atomic E-state index is 0.400. The molecule has 0 aliphatic rings. The minimum atomic E-state index is -0.974. The molecule has 25 heavy (non-hydrogen) atoms. The van der Waals surface area contributed by atoms with Gasteiger partial charge >= 0.3 is 5.97 Å². The number of esters is 1. The summed E-state index contributed by atoms with van der Waals surface area (Å²) in [6.45, 7) is 3.81. The van der Waals surface area contributed by atoms with E-state index in [0.717, 1.165) is 21.5 Å². The average Bonchev–Trinajstić information content (AvgIpc) is 3.11. The number of carbonyl (C=O) groups is 2. The summed E-state index contributed by atoms with van der Waals surface area (Å²) in [5.74, 6) is -1.26. The molecule has 3 rings (SSSR count). The van der Waals surface area contributed by atoms with Gasteiger partial charge in [0.05, 0.1) is 12.2 Å². The first-order valence-corrected chi connectivity index (χ1v) is 8.77. The number of carbonyl (C=O) groups excluding carboxylic acids is 2. The molecule has 1 aromatic carbocycles. The number of aryl methyl sites for hydroxylation is 1. The van der Waals surface area contributed by atoms with Gasteiger partial charge in [-0.05, 0) is 31.5 Å². The molecule has 0 fully saturated rings. The Morgan fingerprint density at radius 3 is 2.80 bits per heavy atom. The van der Waals surface area contributed by atoms with Gasteiger partial charge in [0.1, 0.15) is 9.71 Å². The molecule has 130 valence electrons. The van der Waals surface area contributed by atoms with Crippen molar-refractivity contribution in [1.82, 2.24) is 9.78 Å². The molecule has 0 saturated heterocycles. The Morgan fingerprint density at radius 2 is 2.12 bits per heavy atom. The van der Waals surface area contributed by atoms with Crippen LogP contribution < -0.4 is 5.73 Å². The van der Waals surface area contributed by atoms with Crippen molar-refractivity contribution in [3.8, 4) is 0 Å². The van der Waals surface area contributed by atoms with Crippen LogP contribution in [0.25, 0.3) is 10.2 Å². The number of hydrogen-bond acceptors (Lipinski definition) is 5. The minimum Gasteiger partial charge on any atom is -0.448 e. The fourth-order valence-corrected chi connectivity index (χ4v) is 3.62. The van der Waals surface area contributed by atoms with Crippen LogP contribution in [0, 0.1) is 6.92 Å². The van der Waals surface area contributed by atoms with Crippen LogP contribution in [0.5, 0.6) is 0 Å². The average molecular weight is 378 g/mol. The van der Waals surface area contributed by atoms with Gasteiger partial charge in [-0.25, -0.2) is 4.79 Å². The van der Waals surface area contributed by atoms with E-state index in [2.05, 4.69) is 5.10 Å². The number of amides is 1. The lowest BCUT2D eigenvalue weighted by molar-refractivity contribution is -0.125. The summed E-state index contributed by atoms with van der Waals surface area (Å²) in [4.78, 5) is 24.5. The number of rotatable bonds is 5. The van der Waals surface area contributed by atoms with Crippen LogP contribution in [-0.4, -0.2) is 27.8 Å². The number of fused-ring (bicyclic) bond motifs is 1. The van der Waals surface area contributed by atoms with Crippen molar-refractivity contribution in [1.29, 1.82) is 0 Å². The van der Waals surface area contributed by atoms with E-state index in [1.807, 2.05) is 35.9 Å². The van der Waals surface area contributed by atoms with Crippen LogP contribution in [-0.2, 0) is 16.1 Å². The zero-order valence-electron chi connectivity index (χ0n) is 13.7. The van der Waals surface area contributed by atoms with Crippen molar-refractivity contribution in [2.24, 2.45) is 5.73 Å². The van der Waals surface area contributed by atoms with Gasteiger partial charge in [0, 0.05) is 10.4 Å². The van der Waals surface area contributed by atoms with E-state index in [0.29, 0.717) is 16.4 Å². The number of nitrogens with zero attached hydrogens (tertiary/aromatic N) is 2. The van der Waals surface area contributed by atoms with Gasteiger partial charge in [-0.1, -0.05) is 29.8 Å². The summed E-state index contributed by atoms with van der Waals surface area (Å²) in [6.07, 6.45) is -0.974. The van der Waals surface area contributed by atoms with E-state index in [9.17, 15) is 9.59 Å². The molecule has 1 unspecified atom stereocenters. The summed E-state index contributed by atoms with van der Waals surface area (Å²) in [5.41, 5.74) is 6.87. The van der Waals surface area contributed by atoms with Crippen LogP contribution in [0.1, 0.15) is 27.9 Å². The van der Waals surface area contributed by atoms with E-state index in [1.165, 1.54) is 18.3 Å². The first-order chi connectivity index (χ1) is 11.9. The molecule has 0 radical (unpaired) electrons. The normalized spacial score (nSPS) is 12.3. The zero-order valence-corrected chi connectivity index (χ0v) is 15.2. The molecule has 2 aromatic heterocycles. The number of nitrogens with two attached hydrogens (primary N) is 1. The third-order valence-electron chi connectivity index (χ3n) is 3.77. The molecule has 1 atom stereocenters. The standard InChI is InChI=1S/C17H16ClN3O3S/c1-9-12-7-14(17(23)24-10(2)15(19)22)25-16(12)21(20-9)8-11-5-3-4-6-13(11)18/h3-7,10H,8H2,1-2H3,(H2,19,22). The monoisotopic (exact) mass is 377 g/mol. The molecule has 8 heteroatoms. The van der Waals surface area contributed by atoms with Crippen LogP contribution >= 0.6 is 22.9 Å². The molecule has 3 aromatic rings. The van der Waals surface area contributed by atoms with Crippen molar-refractivity contribution in [3.63, 3.8) is 0 Å². The summed E-state index contributed by atoms with van der Waals surface area (Å²) < 4.78 is 6.87. The first kappa shape index (κ1) is 17.4. The van der Waals surface area contributed by atoms with Gasteiger partial charge in [0.15, 0.2) is 6.10 Å². The highest BCUT2D eigenvalue weighted by molar-refractivity contribution is 7.20. The maximum atomic E-state index is 12.2. The van der Waals surface area contributed by atoms with Crippen molar-refractivity contribution in [3.05, 3.63) is 51.5 Å². The van der Waals surface area contributed by atoms with Crippen molar-refractivity contribution >= 4 is 45.0 Å². The molecule has 2 N–H and O–H groups in total. The van der Waals surface area contributed by atoms with Crippen molar-refractivity contribution in [2.45, 2.75) is 26.5 Å². The molecule has 2 heterocycles. The Morgan fingerprint density at radius 1 is 1.40 bits per heavy atom. The highest BCUT2D eigenvalue weighted by Gasteiger charge is 2.21. The molecule has 6 nitrogen and oxygen atoms in total. The Bertz CT molecular complexity index is 963. The molecule has 0 aliphatic carbocycles. The van der Waals surface area contributed by atoms with Gasteiger partial charge in [-0.3, -0.25) is 9.48 Å². The second kappa shape index (κ2) is 6.85.